The fourth-order valence-electron chi connectivity index (χ4n) is 2.82. The van der Waals surface area contributed by atoms with Gasteiger partial charge in [-0.1, -0.05) is 65.7 Å². The zero-order valence-corrected chi connectivity index (χ0v) is 14.9. The summed E-state index contributed by atoms with van der Waals surface area (Å²) < 4.78 is 5.75. The number of amides is 1. The first-order valence-corrected chi connectivity index (χ1v) is 8.40. The minimum absolute atomic E-state index is 0.0755. The molecule has 1 aliphatic rings. The summed E-state index contributed by atoms with van der Waals surface area (Å²) in [5, 5.41) is 0.938. The highest BCUT2D eigenvalue weighted by Crippen LogP contribution is 2.36. The SMILES string of the molecule is CC1=C(c2ccccc2)C(=O)N(C(C)c2cccc(Cl)c2Cl)CO1. The zero-order chi connectivity index (χ0) is 17.3. The van der Waals surface area contributed by atoms with Crippen LogP contribution < -0.4 is 0 Å². The lowest BCUT2D eigenvalue weighted by Crippen LogP contribution is -2.39. The monoisotopic (exact) mass is 361 g/mol. The molecular formula is C19H17Cl2NO2. The van der Waals surface area contributed by atoms with Gasteiger partial charge in [0.2, 0.25) is 0 Å². The van der Waals surface area contributed by atoms with Gasteiger partial charge in [0, 0.05) is 0 Å². The number of carbonyl (C=O) groups is 1. The first kappa shape index (κ1) is 16.9. The first-order valence-electron chi connectivity index (χ1n) is 7.64. The Labute approximate surface area is 151 Å². The summed E-state index contributed by atoms with van der Waals surface area (Å²) in [6.45, 7) is 3.92. The highest BCUT2D eigenvalue weighted by Gasteiger charge is 2.32. The van der Waals surface area contributed by atoms with E-state index in [2.05, 4.69) is 0 Å². The van der Waals surface area contributed by atoms with Crippen molar-refractivity contribution in [2.45, 2.75) is 19.9 Å². The Bertz CT molecular complexity index is 802. The molecule has 1 atom stereocenters. The summed E-state index contributed by atoms with van der Waals surface area (Å²) in [5.41, 5.74) is 2.22. The van der Waals surface area contributed by atoms with Crippen molar-refractivity contribution in [1.29, 1.82) is 0 Å². The second kappa shape index (κ2) is 6.88. The van der Waals surface area contributed by atoms with Gasteiger partial charge in [0.1, 0.15) is 5.76 Å². The van der Waals surface area contributed by atoms with Crippen molar-refractivity contribution in [3.63, 3.8) is 0 Å². The number of hydrogen-bond acceptors (Lipinski definition) is 2. The Morgan fingerprint density at radius 3 is 2.50 bits per heavy atom. The van der Waals surface area contributed by atoms with E-state index in [0.717, 1.165) is 11.1 Å². The van der Waals surface area contributed by atoms with Crippen LogP contribution in [0.5, 0.6) is 0 Å². The minimum atomic E-state index is -0.254. The van der Waals surface area contributed by atoms with E-state index in [4.69, 9.17) is 27.9 Å². The van der Waals surface area contributed by atoms with Gasteiger partial charge in [-0.15, -0.1) is 0 Å². The van der Waals surface area contributed by atoms with Gasteiger partial charge in [-0.25, -0.2) is 0 Å². The minimum Gasteiger partial charge on any atom is -0.477 e. The van der Waals surface area contributed by atoms with E-state index in [0.29, 0.717) is 21.4 Å². The standard InChI is InChI=1S/C19H17Cl2NO2/c1-12(15-9-6-10-16(20)18(15)21)22-11-24-13(2)17(19(22)23)14-7-4-3-5-8-14/h3-10,12H,11H2,1-2H3. The quantitative estimate of drug-likeness (QED) is 0.741. The van der Waals surface area contributed by atoms with Gasteiger partial charge in [-0.3, -0.25) is 9.69 Å². The van der Waals surface area contributed by atoms with Crippen molar-refractivity contribution >= 4 is 34.7 Å². The van der Waals surface area contributed by atoms with Crippen LogP contribution in [0.2, 0.25) is 10.0 Å². The molecule has 0 aromatic heterocycles. The molecule has 0 fully saturated rings. The molecule has 0 radical (unpaired) electrons. The molecule has 5 heteroatoms. The van der Waals surface area contributed by atoms with Crippen LogP contribution >= 0.6 is 23.2 Å². The van der Waals surface area contributed by atoms with Crippen LogP contribution in [0.25, 0.3) is 5.57 Å². The van der Waals surface area contributed by atoms with Gasteiger partial charge in [0.25, 0.3) is 5.91 Å². The third-order valence-electron chi connectivity index (χ3n) is 4.21. The smallest absolute Gasteiger partial charge is 0.261 e. The Balaban J connectivity index is 1.96. The number of benzene rings is 2. The summed E-state index contributed by atoms with van der Waals surface area (Å²) >= 11 is 12.4. The van der Waals surface area contributed by atoms with Gasteiger partial charge in [-0.2, -0.15) is 0 Å². The summed E-state index contributed by atoms with van der Waals surface area (Å²) in [6.07, 6.45) is 0. The number of nitrogens with zero attached hydrogens (tertiary/aromatic N) is 1. The van der Waals surface area contributed by atoms with Crippen molar-refractivity contribution in [2.24, 2.45) is 0 Å². The van der Waals surface area contributed by atoms with Crippen molar-refractivity contribution in [3.8, 4) is 0 Å². The van der Waals surface area contributed by atoms with E-state index in [1.807, 2.05) is 56.3 Å². The Morgan fingerprint density at radius 2 is 1.79 bits per heavy atom. The van der Waals surface area contributed by atoms with Crippen molar-refractivity contribution in [2.75, 3.05) is 6.73 Å². The highest BCUT2D eigenvalue weighted by molar-refractivity contribution is 6.42. The lowest BCUT2D eigenvalue weighted by Gasteiger charge is -2.35. The van der Waals surface area contributed by atoms with Crippen LogP contribution in [-0.2, 0) is 9.53 Å². The fourth-order valence-corrected chi connectivity index (χ4v) is 3.29. The van der Waals surface area contributed by atoms with Crippen molar-refractivity contribution in [3.05, 3.63) is 75.5 Å². The average molecular weight is 362 g/mol. The molecule has 0 spiro atoms. The van der Waals surface area contributed by atoms with E-state index in [-0.39, 0.29) is 18.7 Å². The predicted octanol–water partition coefficient (Wildman–Crippen LogP) is 5.30. The molecule has 3 rings (SSSR count). The number of rotatable bonds is 3. The Kier molecular flexibility index (Phi) is 4.83. The van der Waals surface area contributed by atoms with Crippen molar-refractivity contribution in [1.82, 2.24) is 4.90 Å². The molecule has 2 aromatic carbocycles. The maximum atomic E-state index is 13.1. The van der Waals surface area contributed by atoms with Crippen LogP contribution in [0.4, 0.5) is 0 Å². The third kappa shape index (κ3) is 3.02. The molecular weight excluding hydrogens is 345 g/mol. The first-order chi connectivity index (χ1) is 11.5. The van der Waals surface area contributed by atoms with E-state index in [1.54, 1.807) is 11.0 Å². The van der Waals surface area contributed by atoms with Crippen LogP contribution in [-0.4, -0.2) is 17.5 Å². The molecule has 0 bridgehead atoms. The number of ether oxygens (including phenoxy) is 1. The highest BCUT2D eigenvalue weighted by atomic mass is 35.5. The Hall–Kier alpha value is -1.97. The van der Waals surface area contributed by atoms with Crippen LogP contribution in [0.1, 0.15) is 31.0 Å². The number of allylic oxidation sites excluding steroid dienone is 1. The largest absolute Gasteiger partial charge is 0.477 e. The second-order valence-corrected chi connectivity index (χ2v) is 6.45. The summed E-state index contributed by atoms with van der Waals surface area (Å²) in [4.78, 5) is 14.7. The molecule has 124 valence electrons. The van der Waals surface area contributed by atoms with Gasteiger partial charge in [-0.05, 0) is 31.0 Å². The lowest BCUT2D eigenvalue weighted by molar-refractivity contribution is -0.134. The number of carbonyl (C=O) groups excluding carboxylic acids is 1. The van der Waals surface area contributed by atoms with Gasteiger partial charge < -0.3 is 4.74 Å². The average Bonchev–Trinajstić information content (AvgIpc) is 2.58. The molecule has 3 nitrogen and oxygen atoms in total. The molecule has 1 heterocycles. The molecule has 0 aliphatic carbocycles. The molecule has 1 amide bonds. The Morgan fingerprint density at radius 1 is 1.08 bits per heavy atom. The lowest BCUT2D eigenvalue weighted by atomic mass is 10.00. The van der Waals surface area contributed by atoms with Crippen LogP contribution in [0, 0.1) is 0 Å². The number of hydrogen-bond donors (Lipinski definition) is 0. The van der Waals surface area contributed by atoms with Gasteiger partial charge >= 0.3 is 0 Å². The topological polar surface area (TPSA) is 29.5 Å². The zero-order valence-electron chi connectivity index (χ0n) is 13.4. The van der Waals surface area contributed by atoms with E-state index in [1.165, 1.54) is 0 Å². The molecule has 1 aliphatic heterocycles. The molecule has 0 saturated heterocycles. The predicted molar refractivity (Wildman–Crippen MR) is 96.7 cm³/mol. The van der Waals surface area contributed by atoms with E-state index >= 15 is 0 Å². The molecule has 1 unspecified atom stereocenters. The maximum Gasteiger partial charge on any atom is 0.261 e. The summed E-state index contributed by atoms with van der Waals surface area (Å²) in [5.74, 6) is 0.556. The van der Waals surface area contributed by atoms with Crippen LogP contribution in [0.3, 0.4) is 0 Å². The molecule has 0 saturated carbocycles. The molecule has 2 aromatic rings. The molecule has 24 heavy (non-hydrogen) atoms. The normalized spacial score (nSPS) is 16.2. The summed E-state index contributed by atoms with van der Waals surface area (Å²) in [6, 6.07) is 14.7. The van der Waals surface area contributed by atoms with E-state index in [9.17, 15) is 4.79 Å². The van der Waals surface area contributed by atoms with Crippen LogP contribution in [0.15, 0.2) is 54.3 Å². The molecule has 0 N–H and O–H groups in total. The number of halogens is 2. The fraction of sp³-hybridized carbons (Fsp3) is 0.211. The second-order valence-electron chi connectivity index (χ2n) is 5.66. The van der Waals surface area contributed by atoms with Crippen molar-refractivity contribution < 1.29 is 9.53 Å². The summed E-state index contributed by atoms with van der Waals surface area (Å²) in [7, 11) is 0. The third-order valence-corrected chi connectivity index (χ3v) is 5.04. The van der Waals surface area contributed by atoms with Gasteiger partial charge in [0.15, 0.2) is 6.73 Å². The van der Waals surface area contributed by atoms with E-state index < -0.39 is 0 Å². The van der Waals surface area contributed by atoms with Gasteiger partial charge in [0.05, 0.1) is 21.7 Å². The maximum absolute atomic E-state index is 13.1.